The van der Waals surface area contributed by atoms with Crippen molar-refractivity contribution in [2.45, 2.75) is 13.0 Å². The Kier molecular flexibility index (Phi) is 5.25. The highest BCUT2D eigenvalue weighted by Crippen LogP contribution is 2.28. The number of benzene rings is 1. The minimum atomic E-state index is -0.746. The number of rotatable bonds is 5. The molecule has 0 spiro atoms. The Morgan fingerprint density at radius 2 is 2.24 bits per heavy atom. The molecule has 0 fully saturated rings. The summed E-state index contributed by atoms with van der Waals surface area (Å²) in [4.78, 5) is 14.8. The first kappa shape index (κ1) is 15.4. The lowest BCUT2D eigenvalue weighted by atomic mass is 10.3. The van der Waals surface area contributed by atoms with Gasteiger partial charge in [0, 0.05) is 11.2 Å². The summed E-state index contributed by atoms with van der Waals surface area (Å²) < 4.78 is 5.47. The van der Waals surface area contributed by atoms with E-state index in [1.807, 2.05) is 12.1 Å². The van der Waals surface area contributed by atoms with Gasteiger partial charge in [0.05, 0.1) is 16.9 Å². The van der Waals surface area contributed by atoms with E-state index in [1.165, 1.54) is 6.21 Å². The van der Waals surface area contributed by atoms with Crippen molar-refractivity contribution in [2.75, 3.05) is 0 Å². The van der Waals surface area contributed by atoms with Crippen molar-refractivity contribution in [2.24, 2.45) is 5.10 Å². The highest BCUT2D eigenvalue weighted by atomic mass is 35.5. The van der Waals surface area contributed by atoms with Crippen LogP contribution in [0, 0.1) is 0 Å². The molecule has 110 valence electrons. The third kappa shape index (κ3) is 4.51. The molecule has 0 saturated carbocycles. The zero-order valence-corrected chi connectivity index (χ0v) is 12.7. The topological polar surface area (TPSA) is 66.5 Å². The van der Waals surface area contributed by atoms with E-state index in [1.54, 1.807) is 31.3 Å². The largest absolute Gasteiger partial charge is 0.479 e. The first-order valence-corrected chi connectivity index (χ1v) is 6.90. The van der Waals surface area contributed by atoms with Crippen molar-refractivity contribution in [3.05, 3.63) is 52.3 Å². The Hall–Kier alpha value is -1.98. The van der Waals surface area contributed by atoms with E-state index in [4.69, 9.17) is 27.9 Å². The fraction of sp³-hybridized carbons (Fsp3) is 0.143. The summed E-state index contributed by atoms with van der Waals surface area (Å²) >= 11 is 11.8. The summed E-state index contributed by atoms with van der Waals surface area (Å²) in [7, 11) is 0. The fourth-order valence-corrected chi connectivity index (χ4v) is 1.95. The van der Waals surface area contributed by atoms with Crippen molar-refractivity contribution >= 4 is 35.3 Å². The van der Waals surface area contributed by atoms with Gasteiger partial charge in [0.2, 0.25) is 0 Å². The van der Waals surface area contributed by atoms with Gasteiger partial charge in [-0.05, 0) is 37.3 Å². The smallest absolute Gasteiger partial charge is 0.280 e. The van der Waals surface area contributed by atoms with E-state index >= 15 is 0 Å². The molecule has 2 N–H and O–H groups in total. The van der Waals surface area contributed by atoms with Crippen LogP contribution in [-0.4, -0.2) is 23.2 Å². The highest BCUT2D eigenvalue weighted by Gasteiger charge is 2.15. The molecular weight excluding hydrogens is 313 g/mol. The lowest BCUT2D eigenvalue weighted by molar-refractivity contribution is -0.127. The molecule has 7 heteroatoms. The normalized spacial score (nSPS) is 12.3. The minimum Gasteiger partial charge on any atom is -0.479 e. The van der Waals surface area contributed by atoms with Gasteiger partial charge in [-0.1, -0.05) is 23.2 Å². The van der Waals surface area contributed by atoms with Crippen LogP contribution in [0.5, 0.6) is 5.75 Å². The van der Waals surface area contributed by atoms with Gasteiger partial charge in [0.15, 0.2) is 6.10 Å². The number of ether oxygens (including phenoxy) is 1. The Morgan fingerprint density at radius 1 is 1.43 bits per heavy atom. The van der Waals surface area contributed by atoms with Crippen molar-refractivity contribution in [3.8, 4) is 5.75 Å². The lowest BCUT2D eigenvalue weighted by Gasteiger charge is -2.14. The van der Waals surface area contributed by atoms with Crippen LogP contribution in [-0.2, 0) is 4.79 Å². The molecule has 1 aromatic heterocycles. The summed E-state index contributed by atoms with van der Waals surface area (Å²) in [6.45, 7) is 1.60. The quantitative estimate of drug-likeness (QED) is 0.654. The van der Waals surface area contributed by atoms with Gasteiger partial charge in [0.1, 0.15) is 5.75 Å². The van der Waals surface area contributed by atoms with E-state index < -0.39 is 6.10 Å². The fourth-order valence-electron chi connectivity index (χ4n) is 1.50. The monoisotopic (exact) mass is 325 g/mol. The maximum atomic E-state index is 11.8. The van der Waals surface area contributed by atoms with E-state index in [0.29, 0.717) is 15.8 Å². The van der Waals surface area contributed by atoms with Crippen LogP contribution in [0.1, 0.15) is 12.6 Å². The first-order chi connectivity index (χ1) is 10.1. The molecule has 1 atom stereocenters. The molecule has 1 aromatic carbocycles. The average molecular weight is 326 g/mol. The van der Waals surface area contributed by atoms with E-state index in [9.17, 15) is 4.79 Å². The molecule has 1 unspecified atom stereocenters. The van der Waals surface area contributed by atoms with Gasteiger partial charge in [-0.25, -0.2) is 5.43 Å². The van der Waals surface area contributed by atoms with Crippen molar-refractivity contribution in [1.82, 2.24) is 10.4 Å². The molecule has 5 nitrogen and oxygen atoms in total. The number of hydrogen-bond acceptors (Lipinski definition) is 3. The second-order valence-corrected chi connectivity index (χ2v) is 5.04. The van der Waals surface area contributed by atoms with Crippen LogP contribution in [0.3, 0.4) is 0 Å². The van der Waals surface area contributed by atoms with Crippen LogP contribution in [0.2, 0.25) is 10.0 Å². The summed E-state index contributed by atoms with van der Waals surface area (Å²) in [5.41, 5.74) is 3.17. The molecule has 0 radical (unpaired) electrons. The Labute approximate surface area is 131 Å². The molecule has 0 aliphatic rings. The molecule has 0 saturated heterocycles. The summed E-state index contributed by atoms with van der Waals surface area (Å²) in [6.07, 6.45) is 2.52. The molecule has 0 bridgehead atoms. The molecule has 0 aliphatic carbocycles. The predicted molar refractivity (Wildman–Crippen MR) is 83.1 cm³/mol. The van der Waals surface area contributed by atoms with Crippen LogP contribution in [0.4, 0.5) is 0 Å². The highest BCUT2D eigenvalue weighted by molar-refractivity contribution is 6.35. The third-order valence-corrected chi connectivity index (χ3v) is 3.10. The van der Waals surface area contributed by atoms with Crippen LogP contribution < -0.4 is 10.2 Å². The second kappa shape index (κ2) is 7.15. The van der Waals surface area contributed by atoms with Crippen molar-refractivity contribution < 1.29 is 9.53 Å². The lowest BCUT2D eigenvalue weighted by Crippen LogP contribution is -2.33. The van der Waals surface area contributed by atoms with Crippen LogP contribution >= 0.6 is 23.2 Å². The number of aromatic nitrogens is 1. The van der Waals surface area contributed by atoms with Crippen LogP contribution in [0.15, 0.2) is 41.6 Å². The number of aromatic amines is 1. The average Bonchev–Trinajstić information content (AvgIpc) is 2.95. The molecule has 1 heterocycles. The van der Waals surface area contributed by atoms with Gasteiger partial charge < -0.3 is 9.72 Å². The van der Waals surface area contributed by atoms with E-state index in [0.717, 1.165) is 5.69 Å². The van der Waals surface area contributed by atoms with Gasteiger partial charge in [-0.3, -0.25) is 4.79 Å². The standard InChI is InChI=1S/C14H13Cl2N3O2/c1-9(21-13-5-4-10(15)7-12(13)16)14(20)19-18-8-11-3-2-6-17-11/h2-9,17H,1H3,(H,19,20)/b18-8+. The summed E-state index contributed by atoms with van der Waals surface area (Å²) in [5, 5.41) is 4.67. The number of nitrogens with zero attached hydrogens (tertiary/aromatic N) is 1. The van der Waals surface area contributed by atoms with Gasteiger partial charge in [-0.15, -0.1) is 0 Å². The number of hydrazone groups is 1. The maximum absolute atomic E-state index is 11.8. The Bertz CT molecular complexity index is 642. The SMILES string of the molecule is CC(Oc1ccc(Cl)cc1Cl)C(=O)N/N=C/c1ccc[nH]1. The molecule has 21 heavy (non-hydrogen) atoms. The predicted octanol–water partition coefficient (Wildman–Crippen LogP) is 3.24. The van der Waals surface area contributed by atoms with E-state index in [2.05, 4.69) is 15.5 Å². The van der Waals surface area contributed by atoms with Crippen LogP contribution in [0.25, 0.3) is 0 Å². The van der Waals surface area contributed by atoms with Gasteiger partial charge in [-0.2, -0.15) is 5.10 Å². The number of H-pyrrole nitrogens is 1. The van der Waals surface area contributed by atoms with Gasteiger partial charge >= 0.3 is 0 Å². The molecular formula is C14H13Cl2N3O2. The first-order valence-electron chi connectivity index (χ1n) is 6.14. The molecule has 1 amide bonds. The minimum absolute atomic E-state index is 0.344. The number of halogens is 2. The van der Waals surface area contributed by atoms with Crippen molar-refractivity contribution in [1.29, 1.82) is 0 Å². The van der Waals surface area contributed by atoms with Gasteiger partial charge in [0.25, 0.3) is 5.91 Å². The van der Waals surface area contributed by atoms with E-state index in [-0.39, 0.29) is 5.91 Å². The second-order valence-electron chi connectivity index (χ2n) is 4.19. The number of hydrogen-bond donors (Lipinski definition) is 2. The third-order valence-electron chi connectivity index (χ3n) is 2.57. The molecule has 2 aromatic rings. The maximum Gasteiger partial charge on any atom is 0.280 e. The number of carbonyl (C=O) groups is 1. The summed E-state index contributed by atoms with van der Waals surface area (Å²) in [6, 6.07) is 8.44. The zero-order chi connectivity index (χ0) is 15.2. The van der Waals surface area contributed by atoms with Crippen molar-refractivity contribution in [3.63, 3.8) is 0 Å². The molecule has 2 rings (SSSR count). The number of nitrogens with one attached hydrogen (secondary N) is 2. The molecule has 0 aliphatic heterocycles. The summed E-state index contributed by atoms with van der Waals surface area (Å²) in [5.74, 6) is 0.000821. The number of carbonyl (C=O) groups excluding carboxylic acids is 1. The zero-order valence-electron chi connectivity index (χ0n) is 11.1. The number of amides is 1. The Balaban J connectivity index is 1.90. The Morgan fingerprint density at radius 3 is 2.90 bits per heavy atom.